The van der Waals surface area contributed by atoms with Gasteiger partial charge in [-0.05, 0) is 55.2 Å². The van der Waals surface area contributed by atoms with Crippen molar-refractivity contribution in [1.29, 1.82) is 0 Å². The first-order valence-electron chi connectivity index (χ1n) is 7.05. The highest BCUT2D eigenvalue weighted by molar-refractivity contribution is 5.21. The topological polar surface area (TPSA) is 0 Å². The van der Waals surface area contributed by atoms with Crippen LogP contribution in [-0.2, 0) is 0 Å². The molecule has 1 fully saturated rings. The molecule has 2 rings (SSSR count). The van der Waals surface area contributed by atoms with E-state index >= 15 is 0 Å². The number of unbranched alkanes of at least 4 members (excludes halogenated alkanes) is 1. The summed E-state index contributed by atoms with van der Waals surface area (Å²) in [5, 5.41) is 0. The molecular weight excluding hydrogens is 211 g/mol. The lowest BCUT2D eigenvalue weighted by molar-refractivity contribution is 0.304. The third-order valence-corrected chi connectivity index (χ3v) is 4.13. The Morgan fingerprint density at radius 1 is 1.18 bits per heavy atom. The van der Waals surface area contributed by atoms with E-state index in [0.717, 1.165) is 5.92 Å². The molecule has 1 aromatic rings. The summed E-state index contributed by atoms with van der Waals surface area (Å²) in [6, 6.07) is 7.18. The molecule has 0 nitrogen and oxygen atoms in total. The van der Waals surface area contributed by atoms with E-state index in [0.29, 0.717) is 5.92 Å². The minimum absolute atomic E-state index is 0.0874. The average molecular weight is 234 g/mol. The molecule has 0 heterocycles. The maximum absolute atomic E-state index is 13.2. The second-order valence-electron chi connectivity index (χ2n) is 5.41. The lowest BCUT2D eigenvalue weighted by Gasteiger charge is -2.28. The van der Waals surface area contributed by atoms with E-state index in [1.807, 2.05) is 6.07 Å². The Labute approximate surface area is 104 Å². The van der Waals surface area contributed by atoms with Gasteiger partial charge in [-0.1, -0.05) is 38.3 Å². The van der Waals surface area contributed by atoms with Crippen molar-refractivity contribution in [1.82, 2.24) is 0 Å². The molecule has 0 amide bonds. The summed E-state index contributed by atoms with van der Waals surface area (Å²) in [7, 11) is 0. The first-order chi connectivity index (χ1) is 8.29. The van der Waals surface area contributed by atoms with Crippen LogP contribution in [0.4, 0.5) is 4.39 Å². The van der Waals surface area contributed by atoms with E-state index in [-0.39, 0.29) is 5.82 Å². The normalized spacial score (nSPS) is 24.8. The monoisotopic (exact) mass is 234 g/mol. The van der Waals surface area contributed by atoms with Crippen LogP contribution in [0.3, 0.4) is 0 Å². The van der Waals surface area contributed by atoms with Gasteiger partial charge in [0.05, 0.1) is 0 Å². The number of rotatable bonds is 4. The van der Waals surface area contributed by atoms with Crippen LogP contribution in [0, 0.1) is 11.7 Å². The number of halogens is 1. The van der Waals surface area contributed by atoms with Crippen LogP contribution in [0.15, 0.2) is 24.3 Å². The highest BCUT2D eigenvalue weighted by Gasteiger charge is 2.21. The summed E-state index contributed by atoms with van der Waals surface area (Å²) in [6.45, 7) is 2.26. The van der Waals surface area contributed by atoms with Crippen molar-refractivity contribution in [3.8, 4) is 0 Å². The van der Waals surface area contributed by atoms with Gasteiger partial charge >= 0.3 is 0 Å². The Bertz CT molecular complexity index is 337. The molecule has 0 N–H and O–H groups in total. The SMILES string of the molecule is CCCCC1CCC(c2cccc(F)c2)CC1. The Morgan fingerprint density at radius 2 is 1.94 bits per heavy atom. The van der Waals surface area contributed by atoms with Crippen molar-refractivity contribution >= 4 is 0 Å². The van der Waals surface area contributed by atoms with Crippen LogP contribution in [0.1, 0.15) is 63.4 Å². The van der Waals surface area contributed by atoms with E-state index in [9.17, 15) is 4.39 Å². The maximum Gasteiger partial charge on any atom is 0.123 e. The average Bonchev–Trinajstić information content (AvgIpc) is 2.37. The Morgan fingerprint density at radius 3 is 2.59 bits per heavy atom. The molecule has 1 saturated carbocycles. The standard InChI is InChI=1S/C16H23F/c1-2-3-5-13-8-10-14(11-9-13)15-6-4-7-16(17)12-15/h4,6-7,12-14H,2-3,5,8-11H2,1H3. The fourth-order valence-electron chi connectivity index (χ4n) is 3.04. The fraction of sp³-hybridized carbons (Fsp3) is 0.625. The molecule has 1 aromatic carbocycles. The molecule has 0 spiro atoms. The summed E-state index contributed by atoms with van der Waals surface area (Å²) in [5.41, 5.74) is 1.21. The summed E-state index contributed by atoms with van der Waals surface area (Å²) in [5.74, 6) is 1.44. The Kier molecular flexibility index (Phi) is 4.58. The van der Waals surface area contributed by atoms with Gasteiger partial charge in [-0.3, -0.25) is 0 Å². The van der Waals surface area contributed by atoms with E-state index in [1.165, 1.54) is 56.6 Å². The molecule has 0 radical (unpaired) electrons. The first kappa shape index (κ1) is 12.6. The highest BCUT2D eigenvalue weighted by atomic mass is 19.1. The fourth-order valence-corrected chi connectivity index (χ4v) is 3.04. The summed E-state index contributed by atoms with van der Waals surface area (Å²) >= 11 is 0. The molecule has 94 valence electrons. The predicted octanol–water partition coefficient (Wildman–Crippen LogP) is 5.29. The largest absolute Gasteiger partial charge is 0.207 e. The molecule has 0 unspecified atom stereocenters. The van der Waals surface area contributed by atoms with Crippen LogP contribution >= 0.6 is 0 Å². The molecule has 0 atom stereocenters. The van der Waals surface area contributed by atoms with Gasteiger partial charge in [-0.25, -0.2) is 4.39 Å². The van der Waals surface area contributed by atoms with Crippen molar-refractivity contribution < 1.29 is 4.39 Å². The van der Waals surface area contributed by atoms with Crippen LogP contribution < -0.4 is 0 Å². The quantitative estimate of drug-likeness (QED) is 0.664. The second-order valence-corrected chi connectivity index (χ2v) is 5.41. The zero-order valence-electron chi connectivity index (χ0n) is 10.8. The summed E-state index contributed by atoms with van der Waals surface area (Å²) in [6.07, 6.45) is 9.24. The molecule has 17 heavy (non-hydrogen) atoms. The van der Waals surface area contributed by atoms with Crippen LogP contribution in [0.2, 0.25) is 0 Å². The lowest BCUT2D eigenvalue weighted by atomic mass is 9.77. The third kappa shape index (κ3) is 3.55. The van der Waals surface area contributed by atoms with Gasteiger partial charge in [0.2, 0.25) is 0 Å². The first-order valence-corrected chi connectivity index (χ1v) is 7.05. The highest BCUT2D eigenvalue weighted by Crippen LogP contribution is 2.37. The van der Waals surface area contributed by atoms with Crippen molar-refractivity contribution in [2.45, 2.75) is 57.8 Å². The number of hydrogen-bond donors (Lipinski definition) is 0. The van der Waals surface area contributed by atoms with Crippen LogP contribution in [0.5, 0.6) is 0 Å². The van der Waals surface area contributed by atoms with Crippen molar-refractivity contribution in [3.63, 3.8) is 0 Å². The Hall–Kier alpha value is -0.850. The molecule has 0 aromatic heterocycles. The van der Waals surface area contributed by atoms with Gasteiger partial charge < -0.3 is 0 Å². The molecule has 1 aliphatic rings. The molecule has 0 aliphatic heterocycles. The van der Waals surface area contributed by atoms with E-state index < -0.39 is 0 Å². The van der Waals surface area contributed by atoms with Crippen molar-refractivity contribution in [2.24, 2.45) is 5.92 Å². The van der Waals surface area contributed by atoms with Gasteiger partial charge in [0.15, 0.2) is 0 Å². The minimum Gasteiger partial charge on any atom is -0.207 e. The van der Waals surface area contributed by atoms with E-state index in [1.54, 1.807) is 6.07 Å². The Balaban J connectivity index is 1.86. The van der Waals surface area contributed by atoms with Gasteiger partial charge in [-0.2, -0.15) is 0 Å². The van der Waals surface area contributed by atoms with Crippen LogP contribution in [0.25, 0.3) is 0 Å². The zero-order chi connectivity index (χ0) is 12.1. The third-order valence-electron chi connectivity index (χ3n) is 4.13. The number of hydrogen-bond acceptors (Lipinski definition) is 0. The molecule has 0 bridgehead atoms. The molecular formula is C16H23F. The minimum atomic E-state index is -0.0874. The summed E-state index contributed by atoms with van der Waals surface area (Å²) in [4.78, 5) is 0. The van der Waals surface area contributed by atoms with E-state index in [2.05, 4.69) is 13.0 Å². The van der Waals surface area contributed by atoms with Crippen LogP contribution in [-0.4, -0.2) is 0 Å². The predicted molar refractivity (Wildman–Crippen MR) is 70.6 cm³/mol. The van der Waals surface area contributed by atoms with Gasteiger partial charge in [0, 0.05) is 0 Å². The number of benzene rings is 1. The van der Waals surface area contributed by atoms with Gasteiger partial charge in [0.25, 0.3) is 0 Å². The van der Waals surface area contributed by atoms with Crippen molar-refractivity contribution in [2.75, 3.05) is 0 Å². The molecule has 1 heteroatoms. The molecule has 1 aliphatic carbocycles. The van der Waals surface area contributed by atoms with Gasteiger partial charge in [0.1, 0.15) is 5.82 Å². The summed E-state index contributed by atoms with van der Waals surface area (Å²) < 4.78 is 13.2. The zero-order valence-corrected chi connectivity index (χ0v) is 10.8. The van der Waals surface area contributed by atoms with E-state index in [4.69, 9.17) is 0 Å². The lowest BCUT2D eigenvalue weighted by Crippen LogP contribution is -2.13. The molecule has 0 saturated heterocycles. The smallest absolute Gasteiger partial charge is 0.123 e. The van der Waals surface area contributed by atoms with Gasteiger partial charge in [-0.15, -0.1) is 0 Å². The van der Waals surface area contributed by atoms with Crippen molar-refractivity contribution in [3.05, 3.63) is 35.6 Å². The maximum atomic E-state index is 13.2. The second kappa shape index (κ2) is 6.18.